The first-order valence-corrected chi connectivity index (χ1v) is 9.17. The van der Waals surface area contributed by atoms with Crippen LogP contribution in [-0.4, -0.2) is 48.5 Å². The summed E-state index contributed by atoms with van der Waals surface area (Å²) in [5, 5.41) is 10.2. The van der Waals surface area contributed by atoms with Gasteiger partial charge in [-0.3, -0.25) is 4.79 Å². The van der Waals surface area contributed by atoms with Crippen LogP contribution in [0.1, 0.15) is 50.5 Å². The lowest BCUT2D eigenvalue weighted by Gasteiger charge is -2.33. The first-order valence-electron chi connectivity index (χ1n) is 9.17. The van der Waals surface area contributed by atoms with E-state index in [1.54, 1.807) is 0 Å². The van der Waals surface area contributed by atoms with E-state index in [4.69, 9.17) is 9.47 Å². The highest BCUT2D eigenvalue weighted by molar-refractivity contribution is 5.99. The molecule has 1 amide bonds. The average molecular weight is 359 g/mol. The molecule has 3 rings (SSSR count). The van der Waals surface area contributed by atoms with Crippen LogP contribution in [0.2, 0.25) is 0 Å². The van der Waals surface area contributed by atoms with Gasteiger partial charge in [-0.1, -0.05) is 52.8 Å². The predicted molar refractivity (Wildman–Crippen MR) is 100 cm³/mol. The lowest BCUT2D eigenvalue weighted by molar-refractivity contribution is -0.0874. The van der Waals surface area contributed by atoms with Crippen molar-refractivity contribution in [3.63, 3.8) is 0 Å². The van der Waals surface area contributed by atoms with Crippen LogP contribution in [0.3, 0.4) is 0 Å². The number of hydrogen-bond donors (Lipinski definition) is 1. The summed E-state index contributed by atoms with van der Waals surface area (Å²) >= 11 is 0. The fourth-order valence-electron chi connectivity index (χ4n) is 4.12. The summed E-state index contributed by atoms with van der Waals surface area (Å²) in [4.78, 5) is 14.6. The van der Waals surface area contributed by atoms with Gasteiger partial charge in [0, 0.05) is 17.5 Å². The molecule has 1 aromatic rings. The van der Waals surface area contributed by atoms with Gasteiger partial charge in [-0.15, -0.1) is 0 Å². The summed E-state index contributed by atoms with van der Waals surface area (Å²) in [5.74, 6) is 0.611. The Balaban J connectivity index is 2.09. The quantitative estimate of drug-likeness (QED) is 0.880. The van der Waals surface area contributed by atoms with Crippen molar-refractivity contribution in [2.45, 2.75) is 40.8 Å². The highest BCUT2D eigenvalue weighted by atomic mass is 16.5. The summed E-state index contributed by atoms with van der Waals surface area (Å²) in [6.45, 7) is 12.4. The van der Waals surface area contributed by atoms with Gasteiger partial charge in [0.1, 0.15) is 5.76 Å². The monoisotopic (exact) mass is 359 g/mol. The zero-order valence-corrected chi connectivity index (χ0v) is 16.3. The number of aliphatic hydroxyl groups excluding tert-OH is 1. The smallest absolute Gasteiger partial charge is 0.256 e. The van der Waals surface area contributed by atoms with E-state index in [0.717, 1.165) is 11.3 Å². The Hall–Kier alpha value is -1.85. The summed E-state index contributed by atoms with van der Waals surface area (Å²) in [6.07, 6.45) is -0.915. The van der Waals surface area contributed by atoms with Crippen molar-refractivity contribution in [3.05, 3.63) is 41.0 Å². The molecule has 1 N–H and O–H groups in total. The van der Waals surface area contributed by atoms with Crippen molar-refractivity contribution < 1.29 is 19.4 Å². The van der Waals surface area contributed by atoms with Crippen molar-refractivity contribution in [3.8, 4) is 0 Å². The number of hydrogen-bond acceptors (Lipinski definition) is 4. The van der Waals surface area contributed by atoms with E-state index < -0.39 is 6.23 Å². The molecule has 5 heteroatoms. The minimum atomic E-state index is -0.915. The van der Waals surface area contributed by atoms with Crippen molar-refractivity contribution in [1.29, 1.82) is 0 Å². The Morgan fingerprint density at radius 3 is 2.62 bits per heavy atom. The molecule has 1 unspecified atom stereocenters. The fraction of sp³-hybridized carbons (Fsp3) is 0.571. The predicted octanol–water partition coefficient (Wildman–Crippen LogP) is 3.29. The molecule has 2 heterocycles. The van der Waals surface area contributed by atoms with Crippen LogP contribution in [0, 0.1) is 10.8 Å². The molecule has 0 aliphatic carbocycles. The maximum Gasteiger partial charge on any atom is 0.256 e. The fourth-order valence-corrected chi connectivity index (χ4v) is 4.12. The van der Waals surface area contributed by atoms with E-state index in [1.165, 1.54) is 10.5 Å². The Labute approximate surface area is 155 Å². The first-order chi connectivity index (χ1) is 12.1. The molecule has 0 saturated carbocycles. The average Bonchev–Trinajstić information content (AvgIpc) is 2.90. The summed E-state index contributed by atoms with van der Waals surface area (Å²) in [5.41, 5.74) is 2.40. The lowest BCUT2D eigenvalue weighted by Crippen LogP contribution is -2.48. The van der Waals surface area contributed by atoms with Crippen LogP contribution in [-0.2, 0) is 9.47 Å². The molecule has 5 nitrogen and oxygen atoms in total. The second-order valence-electron chi connectivity index (χ2n) is 8.73. The van der Waals surface area contributed by atoms with Crippen LogP contribution < -0.4 is 0 Å². The van der Waals surface area contributed by atoms with E-state index in [0.29, 0.717) is 25.3 Å². The number of benzene rings is 1. The van der Waals surface area contributed by atoms with Gasteiger partial charge in [0.05, 0.1) is 25.4 Å². The number of aliphatic hydroxyl groups is 1. The topological polar surface area (TPSA) is 59.0 Å². The van der Waals surface area contributed by atoms with Crippen molar-refractivity contribution >= 4 is 11.7 Å². The molecule has 2 aliphatic rings. The highest BCUT2D eigenvalue weighted by Gasteiger charge is 2.42. The maximum absolute atomic E-state index is 13.1. The molecule has 1 aromatic carbocycles. The van der Waals surface area contributed by atoms with Crippen molar-refractivity contribution in [2.75, 3.05) is 26.4 Å². The zero-order chi connectivity index (χ0) is 19.1. The number of rotatable bonds is 2. The summed E-state index contributed by atoms with van der Waals surface area (Å²) in [7, 11) is 0. The molecule has 142 valence electrons. The standard InChI is InChI=1S/C21H29NO4/c1-20(2,3)18-17(26-13-21(18,4)5)14-8-6-7-9-15(14)19(24)22-10-11-25-12-16(22)23/h6-9,16,23H,10-13H2,1-5H3. The second-order valence-corrected chi connectivity index (χ2v) is 8.73. The minimum absolute atomic E-state index is 0.0794. The van der Waals surface area contributed by atoms with Crippen molar-refractivity contribution in [2.24, 2.45) is 10.8 Å². The van der Waals surface area contributed by atoms with Crippen LogP contribution in [0.5, 0.6) is 0 Å². The number of carbonyl (C=O) groups is 1. The summed E-state index contributed by atoms with van der Waals surface area (Å²) in [6, 6.07) is 7.51. The number of morpholine rings is 1. The van der Waals surface area contributed by atoms with E-state index in [2.05, 4.69) is 34.6 Å². The molecular weight excluding hydrogens is 330 g/mol. The largest absolute Gasteiger partial charge is 0.492 e. The van der Waals surface area contributed by atoms with E-state index >= 15 is 0 Å². The third-order valence-corrected chi connectivity index (χ3v) is 5.00. The second kappa shape index (κ2) is 6.71. The van der Waals surface area contributed by atoms with E-state index in [9.17, 15) is 9.90 Å². The Bertz CT molecular complexity index is 730. The number of carbonyl (C=O) groups excluding carboxylic acids is 1. The molecule has 1 saturated heterocycles. The molecular formula is C21H29NO4. The van der Waals surface area contributed by atoms with Crippen molar-refractivity contribution in [1.82, 2.24) is 4.90 Å². The van der Waals surface area contributed by atoms with Crippen LogP contribution in [0.25, 0.3) is 5.76 Å². The van der Waals surface area contributed by atoms with Gasteiger partial charge >= 0.3 is 0 Å². The Morgan fingerprint density at radius 2 is 1.96 bits per heavy atom. The molecule has 26 heavy (non-hydrogen) atoms. The number of amides is 1. The lowest BCUT2D eigenvalue weighted by atomic mass is 9.71. The third kappa shape index (κ3) is 3.38. The Morgan fingerprint density at radius 1 is 1.27 bits per heavy atom. The van der Waals surface area contributed by atoms with E-state index in [1.807, 2.05) is 24.3 Å². The van der Waals surface area contributed by atoms with Crippen LogP contribution in [0.4, 0.5) is 0 Å². The molecule has 0 spiro atoms. The number of nitrogens with zero attached hydrogens (tertiary/aromatic N) is 1. The maximum atomic E-state index is 13.1. The molecule has 0 bridgehead atoms. The van der Waals surface area contributed by atoms with Gasteiger partial charge in [0.25, 0.3) is 5.91 Å². The van der Waals surface area contributed by atoms with Crippen LogP contribution >= 0.6 is 0 Å². The Kier molecular flexibility index (Phi) is 4.88. The molecule has 0 aromatic heterocycles. The molecule has 0 radical (unpaired) electrons. The van der Waals surface area contributed by atoms with Crippen LogP contribution in [0.15, 0.2) is 29.8 Å². The highest BCUT2D eigenvalue weighted by Crippen LogP contribution is 2.50. The number of ether oxygens (including phenoxy) is 2. The van der Waals surface area contributed by atoms with E-state index in [-0.39, 0.29) is 23.3 Å². The van der Waals surface area contributed by atoms with Gasteiger partial charge in [0.15, 0.2) is 6.23 Å². The van der Waals surface area contributed by atoms with Gasteiger partial charge < -0.3 is 19.5 Å². The molecule has 2 aliphatic heterocycles. The molecule has 1 atom stereocenters. The SMILES string of the molecule is CC(C)(C)C1=C(c2ccccc2C(=O)N2CCOCC2O)OCC1(C)C. The molecule has 1 fully saturated rings. The third-order valence-electron chi connectivity index (χ3n) is 5.00. The van der Waals surface area contributed by atoms with Gasteiger partial charge in [0.2, 0.25) is 0 Å². The van der Waals surface area contributed by atoms with Gasteiger partial charge in [-0.2, -0.15) is 0 Å². The van der Waals surface area contributed by atoms with Gasteiger partial charge in [-0.25, -0.2) is 0 Å². The normalized spacial score (nSPS) is 23.2. The zero-order valence-electron chi connectivity index (χ0n) is 16.3. The van der Waals surface area contributed by atoms with Gasteiger partial charge in [-0.05, 0) is 17.1 Å². The minimum Gasteiger partial charge on any atom is -0.492 e. The summed E-state index contributed by atoms with van der Waals surface area (Å²) < 4.78 is 11.4. The first kappa shape index (κ1) is 18.9.